The third kappa shape index (κ3) is 4.17. The van der Waals surface area contributed by atoms with Crippen LogP contribution >= 0.6 is 23.1 Å². The number of carbonyl (C=O) groups excluding carboxylic acids is 1. The van der Waals surface area contributed by atoms with Crippen LogP contribution in [0.2, 0.25) is 0 Å². The molecule has 0 spiro atoms. The minimum atomic E-state index is -0.432. The van der Waals surface area contributed by atoms with E-state index in [2.05, 4.69) is 15.3 Å². The summed E-state index contributed by atoms with van der Waals surface area (Å²) in [6, 6.07) is 1.61. The molecule has 0 aromatic carbocycles. The van der Waals surface area contributed by atoms with E-state index in [4.69, 9.17) is 0 Å². The van der Waals surface area contributed by atoms with Gasteiger partial charge in [0, 0.05) is 23.5 Å². The van der Waals surface area contributed by atoms with E-state index in [1.54, 1.807) is 29.2 Å². The molecule has 2 aromatic heterocycles. The van der Waals surface area contributed by atoms with E-state index < -0.39 is 5.69 Å². The second-order valence-electron chi connectivity index (χ2n) is 3.97. The number of thiazole rings is 1. The van der Waals surface area contributed by atoms with Crippen molar-refractivity contribution in [1.29, 1.82) is 0 Å². The van der Waals surface area contributed by atoms with Gasteiger partial charge in [-0.1, -0.05) is 0 Å². The third-order valence-corrected chi connectivity index (χ3v) is 4.07. The first kappa shape index (κ1) is 14.7. The maximum Gasteiger partial charge on any atom is 0.347 e. The van der Waals surface area contributed by atoms with Gasteiger partial charge < -0.3 is 5.32 Å². The van der Waals surface area contributed by atoms with Crippen LogP contribution in [-0.2, 0) is 23.6 Å². The minimum absolute atomic E-state index is 0.0333. The molecule has 0 aliphatic rings. The maximum atomic E-state index is 11.7. The maximum absolute atomic E-state index is 11.7. The number of nitrogens with one attached hydrogen (secondary N) is 1. The Kier molecular flexibility index (Phi) is 5.31. The average Bonchev–Trinajstić information content (AvgIpc) is 2.87. The highest BCUT2D eigenvalue weighted by atomic mass is 32.2. The summed E-state index contributed by atoms with van der Waals surface area (Å²) in [6.07, 6.45) is 4.96. The standard InChI is InChI=1S/C12H14N4O2S2/c1-19-8-11-15-9(7-20-11)5-14-10(17)6-16-4-2-3-13-12(16)18/h2-4,7H,5-6,8H2,1H3,(H,14,17). The van der Waals surface area contributed by atoms with Gasteiger partial charge in [-0.15, -0.1) is 11.3 Å². The van der Waals surface area contributed by atoms with E-state index in [1.165, 1.54) is 17.0 Å². The van der Waals surface area contributed by atoms with Crippen LogP contribution in [0.15, 0.2) is 28.6 Å². The van der Waals surface area contributed by atoms with E-state index in [1.807, 2.05) is 11.6 Å². The van der Waals surface area contributed by atoms with Gasteiger partial charge in [-0.05, 0) is 12.3 Å². The summed E-state index contributed by atoms with van der Waals surface area (Å²) >= 11 is 3.30. The zero-order chi connectivity index (χ0) is 14.4. The van der Waals surface area contributed by atoms with Crippen molar-refractivity contribution in [3.8, 4) is 0 Å². The Balaban J connectivity index is 1.86. The first-order valence-electron chi connectivity index (χ1n) is 5.89. The summed E-state index contributed by atoms with van der Waals surface area (Å²) in [4.78, 5) is 31.1. The van der Waals surface area contributed by atoms with E-state index in [9.17, 15) is 9.59 Å². The molecule has 0 unspecified atom stereocenters. The van der Waals surface area contributed by atoms with Crippen LogP contribution in [0.5, 0.6) is 0 Å². The van der Waals surface area contributed by atoms with Gasteiger partial charge in [-0.2, -0.15) is 11.8 Å². The summed E-state index contributed by atoms with van der Waals surface area (Å²) in [5.41, 5.74) is 0.407. The first-order chi connectivity index (χ1) is 9.69. The van der Waals surface area contributed by atoms with Crippen molar-refractivity contribution in [1.82, 2.24) is 19.9 Å². The van der Waals surface area contributed by atoms with Gasteiger partial charge >= 0.3 is 5.69 Å². The lowest BCUT2D eigenvalue weighted by atomic mass is 10.4. The number of hydrogen-bond acceptors (Lipinski definition) is 6. The molecule has 106 valence electrons. The number of amides is 1. The molecule has 0 radical (unpaired) electrons. The van der Waals surface area contributed by atoms with E-state index in [-0.39, 0.29) is 12.5 Å². The summed E-state index contributed by atoms with van der Waals surface area (Å²) in [5, 5.41) is 5.72. The fraction of sp³-hybridized carbons (Fsp3) is 0.333. The minimum Gasteiger partial charge on any atom is -0.349 e. The molecule has 2 heterocycles. The molecule has 6 nitrogen and oxygen atoms in total. The van der Waals surface area contributed by atoms with Crippen LogP contribution in [0.25, 0.3) is 0 Å². The highest BCUT2D eigenvalue weighted by Gasteiger charge is 2.06. The Bertz CT molecular complexity index is 638. The van der Waals surface area contributed by atoms with Crippen LogP contribution in [0.1, 0.15) is 10.7 Å². The SMILES string of the molecule is CSCc1nc(CNC(=O)Cn2cccnc2=O)cs1. The molecule has 0 aliphatic carbocycles. The number of carbonyl (C=O) groups is 1. The molecule has 1 amide bonds. The second-order valence-corrected chi connectivity index (χ2v) is 5.78. The highest BCUT2D eigenvalue weighted by molar-refractivity contribution is 7.97. The van der Waals surface area contributed by atoms with Crippen LogP contribution < -0.4 is 11.0 Å². The number of nitrogens with zero attached hydrogens (tertiary/aromatic N) is 3. The molecule has 0 saturated carbocycles. The first-order valence-corrected chi connectivity index (χ1v) is 8.17. The molecule has 20 heavy (non-hydrogen) atoms. The van der Waals surface area contributed by atoms with Crippen molar-refractivity contribution in [3.05, 3.63) is 45.0 Å². The summed E-state index contributed by atoms with van der Waals surface area (Å²) in [7, 11) is 0. The molecule has 0 atom stereocenters. The fourth-order valence-electron chi connectivity index (χ4n) is 1.53. The van der Waals surface area contributed by atoms with E-state index in [0.29, 0.717) is 6.54 Å². The lowest BCUT2D eigenvalue weighted by molar-refractivity contribution is -0.121. The second kappa shape index (κ2) is 7.20. The molecule has 0 saturated heterocycles. The molecule has 0 bridgehead atoms. The Morgan fingerprint density at radius 1 is 1.55 bits per heavy atom. The van der Waals surface area contributed by atoms with Gasteiger partial charge in [0.1, 0.15) is 11.6 Å². The molecular weight excluding hydrogens is 296 g/mol. The lowest BCUT2D eigenvalue weighted by Gasteiger charge is -2.05. The largest absolute Gasteiger partial charge is 0.349 e. The Labute approximate surface area is 124 Å². The van der Waals surface area contributed by atoms with Crippen molar-refractivity contribution < 1.29 is 4.79 Å². The molecule has 0 aliphatic heterocycles. The molecule has 2 aromatic rings. The van der Waals surface area contributed by atoms with Gasteiger partial charge in [0.15, 0.2) is 0 Å². The molecule has 8 heteroatoms. The van der Waals surface area contributed by atoms with Gasteiger partial charge in [-0.3, -0.25) is 9.36 Å². The number of thioether (sulfide) groups is 1. The van der Waals surface area contributed by atoms with Crippen molar-refractivity contribution >= 4 is 29.0 Å². The van der Waals surface area contributed by atoms with Crippen LogP contribution in [-0.4, -0.2) is 26.7 Å². The smallest absolute Gasteiger partial charge is 0.347 e. The molecule has 2 rings (SSSR count). The van der Waals surface area contributed by atoms with Gasteiger partial charge in [0.25, 0.3) is 0 Å². The monoisotopic (exact) mass is 310 g/mol. The summed E-state index contributed by atoms with van der Waals surface area (Å²) in [5.74, 6) is 0.642. The Hall–Kier alpha value is -1.67. The quantitative estimate of drug-likeness (QED) is 0.857. The zero-order valence-electron chi connectivity index (χ0n) is 10.9. The zero-order valence-corrected chi connectivity index (χ0v) is 12.5. The lowest BCUT2D eigenvalue weighted by Crippen LogP contribution is -2.32. The van der Waals surface area contributed by atoms with Gasteiger partial charge in [-0.25, -0.2) is 14.8 Å². The average molecular weight is 310 g/mol. The topological polar surface area (TPSA) is 76.9 Å². The predicted molar refractivity (Wildman–Crippen MR) is 79.7 cm³/mol. The Morgan fingerprint density at radius 3 is 3.15 bits per heavy atom. The number of aromatic nitrogens is 3. The third-order valence-electron chi connectivity index (χ3n) is 2.43. The highest BCUT2D eigenvalue weighted by Crippen LogP contribution is 2.14. The van der Waals surface area contributed by atoms with Crippen LogP contribution in [0, 0.1) is 0 Å². The van der Waals surface area contributed by atoms with Crippen molar-refractivity contribution in [2.24, 2.45) is 0 Å². The van der Waals surface area contributed by atoms with E-state index in [0.717, 1.165) is 16.5 Å². The number of rotatable bonds is 6. The summed E-state index contributed by atoms with van der Waals surface area (Å²) < 4.78 is 1.26. The van der Waals surface area contributed by atoms with Crippen molar-refractivity contribution in [2.75, 3.05) is 6.26 Å². The van der Waals surface area contributed by atoms with Crippen LogP contribution in [0.3, 0.4) is 0 Å². The molecule has 0 fully saturated rings. The fourth-order valence-corrected chi connectivity index (χ4v) is 3.04. The van der Waals surface area contributed by atoms with Crippen LogP contribution in [0.4, 0.5) is 0 Å². The van der Waals surface area contributed by atoms with Gasteiger partial charge in [0.05, 0.1) is 12.2 Å². The molecular formula is C12H14N4O2S2. The molecule has 1 N–H and O–H groups in total. The normalized spacial score (nSPS) is 10.4. The van der Waals surface area contributed by atoms with Crippen molar-refractivity contribution in [2.45, 2.75) is 18.8 Å². The predicted octanol–water partition coefficient (Wildman–Crippen LogP) is 0.879. The van der Waals surface area contributed by atoms with Gasteiger partial charge in [0.2, 0.25) is 5.91 Å². The Morgan fingerprint density at radius 2 is 2.40 bits per heavy atom. The van der Waals surface area contributed by atoms with Crippen molar-refractivity contribution in [3.63, 3.8) is 0 Å². The summed E-state index contributed by atoms with van der Waals surface area (Å²) in [6.45, 7) is 0.340. The number of hydrogen-bond donors (Lipinski definition) is 1. The van der Waals surface area contributed by atoms with E-state index >= 15 is 0 Å².